The van der Waals surface area contributed by atoms with Crippen molar-refractivity contribution in [2.75, 3.05) is 6.73 Å². The highest BCUT2D eigenvalue weighted by molar-refractivity contribution is 5.34. The summed E-state index contributed by atoms with van der Waals surface area (Å²) >= 11 is 0. The molecule has 0 aliphatic heterocycles. The first-order valence-electron chi connectivity index (χ1n) is 4.75. The molecule has 0 amide bonds. The monoisotopic (exact) mass is 179 g/mol. The van der Waals surface area contributed by atoms with E-state index in [1.165, 1.54) is 11.1 Å². The van der Waals surface area contributed by atoms with Gasteiger partial charge in [0.1, 0.15) is 12.5 Å². The third-order valence-electron chi connectivity index (χ3n) is 2.09. The van der Waals surface area contributed by atoms with Gasteiger partial charge in [0.2, 0.25) is 0 Å². The van der Waals surface area contributed by atoms with Crippen LogP contribution in [-0.4, -0.2) is 6.73 Å². The van der Waals surface area contributed by atoms with Crippen molar-refractivity contribution in [2.24, 2.45) is 5.73 Å². The fourth-order valence-electron chi connectivity index (χ4n) is 1.32. The molecule has 0 aliphatic carbocycles. The maximum atomic E-state index is 5.32. The predicted octanol–water partition coefficient (Wildman–Crippen LogP) is 2.11. The maximum Gasteiger partial charge on any atom is 0.137 e. The quantitative estimate of drug-likeness (QED) is 0.718. The number of hydrogen-bond donors (Lipinski definition) is 1. The Balaban J connectivity index is 2.93. The summed E-state index contributed by atoms with van der Waals surface area (Å²) in [4.78, 5) is 0. The molecule has 0 saturated heterocycles. The van der Waals surface area contributed by atoms with Gasteiger partial charge in [-0.2, -0.15) is 0 Å². The Kier molecular flexibility index (Phi) is 3.77. The van der Waals surface area contributed by atoms with Crippen molar-refractivity contribution in [2.45, 2.75) is 26.7 Å². The predicted molar refractivity (Wildman–Crippen MR) is 54.9 cm³/mol. The molecular weight excluding hydrogens is 162 g/mol. The summed E-state index contributed by atoms with van der Waals surface area (Å²) < 4.78 is 5.27. The van der Waals surface area contributed by atoms with E-state index in [1.54, 1.807) is 0 Å². The van der Waals surface area contributed by atoms with E-state index in [4.69, 9.17) is 10.5 Å². The number of benzene rings is 1. The molecule has 0 fully saturated rings. The van der Waals surface area contributed by atoms with Crippen LogP contribution in [0.2, 0.25) is 0 Å². The largest absolute Gasteiger partial charge is 0.479 e. The lowest BCUT2D eigenvalue weighted by molar-refractivity contribution is 0.329. The van der Waals surface area contributed by atoms with Crippen LogP contribution in [-0.2, 0) is 12.8 Å². The lowest BCUT2D eigenvalue weighted by atomic mass is 10.1. The molecule has 0 aliphatic rings. The van der Waals surface area contributed by atoms with Crippen molar-refractivity contribution in [3.8, 4) is 5.75 Å². The first kappa shape index (κ1) is 10.1. The third-order valence-corrected chi connectivity index (χ3v) is 2.09. The zero-order valence-electron chi connectivity index (χ0n) is 8.34. The van der Waals surface area contributed by atoms with Crippen LogP contribution in [0.1, 0.15) is 25.0 Å². The third kappa shape index (κ3) is 2.74. The zero-order chi connectivity index (χ0) is 9.68. The van der Waals surface area contributed by atoms with E-state index in [0.29, 0.717) is 0 Å². The second-order valence-corrected chi connectivity index (χ2v) is 3.00. The molecule has 0 saturated carbocycles. The van der Waals surface area contributed by atoms with E-state index in [2.05, 4.69) is 19.9 Å². The Morgan fingerprint density at radius 2 is 1.62 bits per heavy atom. The van der Waals surface area contributed by atoms with E-state index in [0.717, 1.165) is 18.6 Å². The fourth-order valence-corrected chi connectivity index (χ4v) is 1.32. The van der Waals surface area contributed by atoms with E-state index < -0.39 is 0 Å². The number of rotatable bonds is 4. The van der Waals surface area contributed by atoms with Gasteiger partial charge >= 0.3 is 0 Å². The molecule has 0 aromatic heterocycles. The molecular formula is C11H17NO. The number of nitrogens with two attached hydrogens (primary N) is 1. The second kappa shape index (κ2) is 4.87. The number of aryl methyl sites for hydroxylation is 2. The average molecular weight is 179 g/mol. The van der Waals surface area contributed by atoms with Gasteiger partial charge in [-0.05, 0) is 36.1 Å². The highest BCUT2D eigenvalue weighted by Crippen LogP contribution is 2.17. The second-order valence-electron chi connectivity index (χ2n) is 3.00. The van der Waals surface area contributed by atoms with E-state index >= 15 is 0 Å². The molecule has 0 atom stereocenters. The van der Waals surface area contributed by atoms with Gasteiger partial charge in [0.15, 0.2) is 0 Å². The van der Waals surface area contributed by atoms with E-state index in [-0.39, 0.29) is 6.73 Å². The summed E-state index contributed by atoms with van der Waals surface area (Å²) in [5.41, 5.74) is 7.94. The number of ether oxygens (including phenoxy) is 1. The molecule has 72 valence electrons. The molecule has 2 heteroatoms. The molecule has 0 spiro atoms. The van der Waals surface area contributed by atoms with Crippen molar-refractivity contribution < 1.29 is 4.74 Å². The molecule has 2 nitrogen and oxygen atoms in total. The minimum absolute atomic E-state index is 0.246. The smallest absolute Gasteiger partial charge is 0.137 e. The van der Waals surface area contributed by atoms with Gasteiger partial charge in [0.05, 0.1) is 0 Å². The van der Waals surface area contributed by atoms with Gasteiger partial charge in [0.25, 0.3) is 0 Å². The highest BCUT2D eigenvalue weighted by atomic mass is 16.5. The van der Waals surface area contributed by atoms with Crippen molar-refractivity contribution in [1.82, 2.24) is 0 Å². The maximum absolute atomic E-state index is 5.32. The Bertz CT molecular complexity index is 249. The Hall–Kier alpha value is -1.02. The van der Waals surface area contributed by atoms with Crippen LogP contribution in [0.15, 0.2) is 18.2 Å². The highest BCUT2D eigenvalue weighted by Gasteiger charge is 1.98. The molecule has 0 heterocycles. The molecule has 0 radical (unpaired) electrons. The summed E-state index contributed by atoms with van der Waals surface area (Å²) in [7, 11) is 0. The molecule has 0 unspecified atom stereocenters. The molecule has 1 aromatic carbocycles. The summed E-state index contributed by atoms with van der Waals surface area (Å²) in [5, 5.41) is 0. The van der Waals surface area contributed by atoms with Gasteiger partial charge in [-0.3, -0.25) is 5.73 Å². The van der Waals surface area contributed by atoms with Crippen LogP contribution in [0.3, 0.4) is 0 Å². The van der Waals surface area contributed by atoms with E-state index in [9.17, 15) is 0 Å². The zero-order valence-corrected chi connectivity index (χ0v) is 8.34. The van der Waals surface area contributed by atoms with Crippen LogP contribution >= 0.6 is 0 Å². The molecule has 2 N–H and O–H groups in total. The summed E-state index contributed by atoms with van der Waals surface area (Å²) in [6.07, 6.45) is 2.07. The van der Waals surface area contributed by atoms with Crippen molar-refractivity contribution in [1.29, 1.82) is 0 Å². The topological polar surface area (TPSA) is 35.2 Å². The minimum Gasteiger partial charge on any atom is -0.479 e. The minimum atomic E-state index is 0.246. The summed E-state index contributed by atoms with van der Waals surface area (Å²) in [6, 6.07) is 6.31. The van der Waals surface area contributed by atoms with Crippen LogP contribution in [0.25, 0.3) is 0 Å². The van der Waals surface area contributed by atoms with Crippen LogP contribution in [0.4, 0.5) is 0 Å². The summed E-state index contributed by atoms with van der Waals surface area (Å²) in [5.74, 6) is 0.888. The molecule has 0 bridgehead atoms. The van der Waals surface area contributed by atoms with Crippen molar-refractivity contribution in [3.63, 3.8) is 0 Å². The lowest BCUT2D eigenvalue weighted by Crippen LogP contribution is -2.07. The van der Waals surface area contributed by atoms with Crippen molar-refractivity contribution >= 4 is 0 Å². The van der Waals surface area contributed by atoms with Gasteiger partial charge in [-0.1, -0.05) is 19.9 Å². The van der Waals surface area contributed by atoms with Crippen LogP contribution < -0.4 is 10.5 Å². The summed E-state index contributed by atoms with van der Waals surface area (Å²) in [6.45, 7) is 4.53. The van der Waals surface area contributed by atoms with Gasteiger partial charge in [0, 0.05) is 0 Å². The molecule has 1 rings (SSSR count). The fraction of sp³-hybridized carbons (Fsp3) is 0.455. The Morgan fingerprint density at radius 3 is 2.00 bits per heavy atom. The van der Waals surface area contributed by atoms with Gasteiger partial charge in [-0.15, -0.1) is 0 Å². The molecule has 1 aromatic rings. The average Bonchev–Trinajstić information content (AvgIpc) is 2.17. The Labute approximate surface area is 79.7 Å². The lowest BCUT2D eigenvalue weighted by Gasteiger charge is -2.07. The normalized spacial score (nSPS) is 10.1. The van der Waals surface area contributed by atoms with Gasteiger partial charge < -0.3 is 4.74 Å². The Morgan fingerprint density at radius 1 is 1.08 bits per heavy atom. The van der Waals surface area contributed by atoms with Gasteiger partial charge in [-0.25, -0.2) is 0 Å². The van der Waals surface area contributed by atoms with Crippen molar-refractivity contribution in [3.05, 3.63) is 29.3 Å². The standard InChI is InChI=1S/C11H17NO/c1-3-9-5-10(4-2)7-11(6-9)13-8-12/h5-7H,3-4,8,12H2,1-2H3. The molecule has 13 heavy (non-hydrogen) atoms. The first-order valence-corrected chi connectivity index (χ1v) is 4.75. The van der Waals surface area contributed by atoms with E-state index in [1.807, 2.05) is 12.1 Å². The SMILES string of the molecule is CCc1cc(CC)cc(OCN)c1. The van der Waals surface area contributed by atoms with Crippen LogP contribution in [0, 0.1) is 0 Å². The first-order chi connectivity index (χ1) is 6.30. The number of hydrogen-bond acceptors (Lipinski definition) is 2. The van der Waals surface area contributed by atoms with Crippen LogP contribution in [0.5, 0.6) is 5.75 Å².